The maximum atomic E-state index is 11.4. The third-order valence-electron chi connectivity index (χ3n) is 3.02. The van der Waals surface area contributed by atoms with Crippen molar-refractivity contribution in [3.63, 3.8) is 0 Å². The Morgan fingerprint density at radius 3 is 2.73 bits per heavy atom. The summed E-state index contributed by atoms with van der Waals surface area (Å²) in [6.07, 6.45) is 6.56. The van der Waals surface area contributed by atoms with E-state index in [1.807, 2.05) is 0 Å². The normalized spacial score (nSPS) is 18.8. The smallest absolute Gasteiger partial charge is 0.315 e. The lowest BCUT2D eigenvalue weighted by Gasteiger charge is -2.14. The highest BCUT2D eigenvalue weighted by Gasteiger charge is 2.16. The number of hydrogen-bond acceptors (Lipinski definition) is 2. The Bertz CT molecular complexity index is 190. The molecule has 1 unspecified atom stereocenters. The molecule has 0 saturated heterocycles. The van der Waals surface area contributed by atoms with Gasteiger partial charge in [0.1, 0.15) is 0 Å². The van der Waals surface area contributed by atoms with E-state index in [9.17, 15) is 4.79 Å². The van der Waals surface area contributed by atoms with Crippen LogP contribution in [0, 0.1) is 0 Å². The van der Waals surface area contributed by atoms with Crippen LogP contribution in [0.4, 0.5) is 4.79 Å². The van der Waals surface area contributed by atoms with Gasteiger partial charge in [0.05, 0.1) is 0 Å². The number of hydrogen-bond donors (Lipinski definition) is 3. The van der Waals surface area contributed by atoms with E-state index >= 15 is 0 Å². The number of amides is 2. The topological polar surface area (TPSA) is 67.1 Å². The largest absolute Gasteiger partial charge is 0.338 e. The van der Waals surface area contributed by atoms with E-state index in [-0.39, 0.29) is 12.1 Å². The third kappa shape index (κ3) is 5.02. The van der Waals surface area contributed by atoms with Gasteiger partial charge in [-0.3, -0.25) is 0 Å². The van der Waals surface area contributed by atoms with E-state index < -0.39 is 0 Å². The quantitative estimate of drug-likeness (QED) is 0.645. The molecule has 0 aliphatic heterocycles. The lowest BCUT2D eigenvalue weighted by Crippen LogP contribution is -2.42. The van der Waals surface area contributed by atoms with Gasteiger partial charge in [-0.15, -0.1) is 0 Å². The molecule has 0 aromatic rings. The van der Waals surface area contributed by atoms with Gasteiger partial charge in [-0.1, -0.05) is 19.8 Å². The van der Waals surface area contributed by atoms with Crippen LogP contribution in [-0.2, 0) is 0 Å². The molecule has 0 aromatic carbocycles. The van der Waals surface area contributed by atoms with Crippen molar-refractivity contribution in [2.75, 3.05) is 6.54 Å². The van der Waals surface area contributed by atoms with Crippen LogP contribution in [0.2, 0.25) is 0 Å². The summed E-state index contributed by atoms with van der Waals surface area (Å²) in [6.45, 7) is 2.73. The highest BCUT2D eigenvalue weighted by atomic mass is 16.2. The molecule has 1 rings (SSSR count). The zero-order valence-corrected chi connectivity index (χ0v) is 9.59. The highest BCUT2D eigenvalue weighted by Crippen LogP contribution is 2.17. The molecule has 88 valence electrons. The monoisotopic (exact) mass is 213 g/mol. The fraction of sp³-hybridized carbons (Fsp3) is 0.909. The molecule has 4 heteroatoms. The second-order valence-corrected chi connectivity index (χ2v) is 4.34. The van der Waals surface area contributed by atoms with Crippen molar-refractivity contribution in [1.29, 1.82) is 0 Å². The standard InChI is InChI=1S/C11H23N3O/c1-2-9(12)7-8-13-11(15)14-10-5-3-4-6-10/h9-10H,2-8,12H2,1H3,(H2,13,14,15). The van der Waals surface area contributed by atoms with Crippen LogP contribution in [0.15, 0.2) is 0 Å². The number of nitrogens with one attached hydrogen (secondary N) is 2. The van der Waals surface area contributed by atoms with Gasteiger partial charge in [0.25, 0.3) is 0 Å². The Kier molecular flexibility index (Phi) is 5.47. The molecule has 1 aliphatic carbocycles. The molecule has 0 bridgehead atoms. The van der Waals surface area contributed by atoms with E-state index in [1.54, 1.807) is 0 Å². The minimum atomic E-state index is -0.0368. The van der Waals surface area contributed by atoms with Crippen molar-refractivity contribution in [1.82, 2.24) is 10.6 Å². The molecule has 0 radical (unpaired) electrons. The molecule has 2 amide bonds. The van der Waals surface area contributed by atoms with Crippen molar-refractivity contribution >= 4 is 6.03 Å². The first-order chi connectivity index (χ1) is 7.22. The van der Waals surface area contributed by atoms with Crippen LogP contribution < -0.4 is 16.4 Å². The second kappa shape index (κ2) is 6.67. The molecule has 1 fully saturated rings. The number of urea groups is 1. The fourth-order valence-electron chi connectivity index (χ4n) is 1.88. The Morgan fingerprint density at radius 2 is 2.13 bits per heavy atom. The minimum Gasteiger partial charge on any atom is -0.338 e. The van der Waals surface area contributed by atoms with Crippen molar-refractivity contribution in [3.8, 4) is 0 Å². The SMILES string of the molecule is CCC(N)CCNC(=O)NC1CCCC1. The summed E-state index contributed by atoms with van der Waals surface area (Å²) in [4.78, 5) is 11.4. The molecule has 0 aromatic heterocycles. The predicted octanol–water partition coefficient (Wildman–Crippen LogP) is 1.36. The van der Waals surface area contributed by atoms with Crippen LogP contribution in [0.5, 0.6) is 0 Å². The van der Waals surface area contributed by atoms with E-state index in [4.69, 9.17) is 5.73 Å². The number of nitrogens with two attached hydrogens (primary N) is 1. The van der Waals surface area contributed by atoms with Gasteiger partial charge in [-0.25, -0.2) is 4.79 Å². The summed E-state index contributed by atoms with van der Waals surface area (Å²) >= 11 is 0. The molecule has 1 aliphatic rings. The van der Waals surface area contributed by atoms with Crippen molar-refractivity contribution in [2.45, 2.75) is 57.5 Å². The fourth-order valence-corrected chi connectivity index (χ4v) is 1.88. The first-order valence-electron chi connectivity index (χ1n) is 6.02. The van der Waals surface area contributed by atoms with Gasteiger partial charge in [0, 0.05) is 18.6 Å². The van der Waals surface area contributed by atoms with Crippen molar-refractivity contribution in [3.05, 3.63) is 0 Å². The number of carbonyl (C=O) groups is 1. The van der Waals surface area contributed by atoms with Crippen LogP contribution in [-0.4, -0.2) is 24.7 Å². The Morgan fingerprint density at radius 1 is 1.47 bits per heavy atom. The van der Waals surface area contributed by atoms with Crippen molar-refractivity contribution in [2.24, 2.45) is 5.73 Å². The summed E-state index contributed by atoms with van der Waals surface area (Å²) in [5.41, 5.74) is 5.75. The molecule has 4 N–H and O–H groups in total. The maximum absolute atomic E-state index is 11.4. The van der Waals surface area contributed by atoms with Gasteiger partial charge < -0.3 is 16.4 Å². The zero-order valence-electron chi connectivity index (χ0n) is 9.59. The van der Waals surface area contributed by atoms with Gasteiger partial charge in [-0.05, 0) is 25.7 Å². The maximum Gasteiger partial charge on any atom is 0.315 e. The third-order valence-corrected chi connectivity index (χ3v) is 3.02. The van der Waals surface area contributed by atoms with Gasteiger partial charge in [0.2, 0.25) is 0 Å². The highest BCUT2D eigenvalue weighted by molar-refractivity contribution is 5.74. The van der Waals surface area contributed by atoms with Gasteiger partial charge >= 0.3 is 6.03 Å². The molecule has 15 heavy (non-hydrogen) atoms. The summed E-state index contributed by atoms with van der Waals surface area (Å²) in [6, 6.07) is 0.562. The van der Waals surface area contributed by atoms with Crippen LogP contribution >= 0.6 is 0 Å². The molecular formula is C11H23N3O. The summed E-state index contributed by atoms with van der Waals surface area (Å²) in [7, 11) is 0. The average Bonchev–Trinajstić information content (AvgIpc) is 2.70. The molecule has 0 spiro atoms. The molecule has 1 saturated carbocycles. The number of carbonyl (C=O) groups excluding carboxylic acids is 1. The van der Waals surface area contributed by atoms with Gasteiger partial charge in [-0.2, -0.15) is 0 Å². The average molecular weight is 213 g/mol. The molecule has 1 atom stereocenters. The Hall–Kier alpha value is -0.770. The van der Waals surface area contributed by atoms with E-state index in [2.05, 4.69) is 17.6 Å². The minimum absolute atomic E-state index is 0.0368. The molecular weight excluding hydrogens is 190 g/mol. The lowest BCUT2D eigenvalue weighted by atomic mass is 10.2. The molecule has 4 nitrogen and oxygen atoms in total. The van der Waals surface area contributed by atoms with Gasteiger partial charge in [0.15, 0.2) is 0 Å². The molecule has 0 heterocycles. The zero-order chi connectivity index (χ0) is 11.1. The van der Waals surface area contributed by atoms with E-state index in [0.717, 1.165) is 25.7 Å². The first kappa shape index (κ1) is 12.3. The second-order valence-electron chi connectivity index (χ2n) is 4.34. The van der Waals surface area contributed by atoms with Crippen LogP contribution in [0.1, 0.15) is 45.4 Å². The van der Waals surface area contributed by atoms with Crippen molar-refractivity contribution < 1.29 is 4.79 Å². The summed E-state index contributed by atoms with van der Waals surface area (Å²) in [5, 5.41) is 5.82. The summed E-state index contributed by atoms with van der Waals surface area (Å²) < 4.78 is 0. The van der Waals surface area contributed by atoms with E-state index in [1.165, 1.54) is 12.8 Å². The summed E-state index contributed by atoms with van der Waals surface area (Å²) in [5.74, 6) is 0. The van der Waals surface area contributed by atoms with Crippen LogP contribution in [0.3, 0.4) is 0 Å². The van der Waals surface area contributed by atoms with Crippen LogP contribution in [0.25, 0.3) is 0 Å². The van der Waals surface area contributed by atoms with E-state index in [0.29, 0.717) is 12.6 Å². The first-order valence-corrected chi connectivity index (χ1v) is 6.02. The predicted molar refractivity (Wildman–Crippen MR) is 61.7 cm³/mol. The lowest BCUT2D eigenvalue weighted by molar-refractivity contribution is 0.236. The number of rotatable bonds is 5. The Balaban J connectivity index is 2.02. The Labute approximate surface area is 92.0 Å².